The van der Waals surface area contributed by atoms with Gasteiger partial charge in [0.05, 0.1) is 19.4 Å². The van der Waals surface area contributed by atoms with E-state index >= 15 is 0 Å². The van der Waals surface area contributed by atoms with Crippen molar-refractivity contribution < 1.29 is 19.1 Å². The zero-order valence-corrected chi connectivity index (χ0v) is 17.2. The van der Waals surface area contributed by atoms with Crippen LogP contribution in [0, 0.1) is 11.3 Å². The maximum atomic E-state index is 12.4. The van der Waals surface area contributed by atoms with E-state index in [2.05, 4.69) is 36.0 Å². The zero-order valence-electron chi connectivity index (χ0n) is 15.6. The molecule has 0 saturated heterocycles. The number of rotatable bonds is 3. The van der Waals surface area contributed by atoms with Gasteiger partial charge < -0.3 is 14.8 Å². The highest BCUT2D eigenvalue weighted by molar-refractivity contribution is 9.10. The molecule has 0 bridgehead atoms. The monoisotopic (exact) mass is 409 g/mol. The molecular weight excluding hydrogens is 385 g/mol. The lowest BCUT2D eigenvalue weighted by Gasteiger charge is -2.35. The smallest absolute Gasteiger partial charge is 0.343 e. The first-order chi connectivity index (χ1) is 11.6. The van der Waals surface area contributed by atoms with E-state index < -0.39 is 11.4 Å². The third-order valence-electron chi connectivity index (χ3n) is 4.46. The Morgan fingerprint density at radius 3 is 2.56 bits per heavy atom. The van der Waals surface area contributed by atoms with Crippen LogP contribution >= 0.6 is 15.9 Å². The predicted octanol–water partition coefficient (Wildman–Crippen LogP) is 2.92. The Morgan fingerprint density at radius 2 is 2.04 bits per heavy atom. The molecule has 7 heteroatoms. The van der Waals surface area contributed by atoms with Gasteiger partial charge in [-0.1, -0.05) is 49.7 Å². The Hall–Kier alpha value is -1.50. The molecule has 1 N–H and O–H groups in total. The molecule has 0 saturated carbocycles. The van der Waals surface area contributed by atoms with E-state index in [9.17, 15) is 9.59 Å². The molecule has 1 heterocycles. The Balaban J connectivity index is 2.57. The van der Waals surface area contributed by atoms with E-state index in [0.29, 0.717) is 24.0 Å². The summed E-state index contributed by atoms with van der Waals surface area (Å²) in [5.74, 6) is 0.332. The predicted molar refractivity (Wildman–Crippen MR) is 105 cm³/mol. The van der Waals surface area contributed by atoms with Crippen molar-refractivity contribution in [2.24, 2.45) is 11.3 Å². The van der Waals surface area contributed by atoms with Crippen LogP contribution in [0.25, 0.3) is 0 Å². The van der Waals surface area contributed by atoms with Crippen molar-refractivity contribution in [3.05, 3.63) is 23.3 Å². The molecule has 1 aromatic carbocycles. The van der Waals surface area contributed by atoms with E-state index in [1.807, 2.05) is 26.8 Å². The summed E-state index contributed by atoms with van der Waals surface area (Å²) >= 11 is 3.67. The van der Waals surface area contributed by atoms with Crippen molar-refractivity contribution in [1.29, 1.82) is 0 Å². The molecule has 0 fully saturated rings. The van der Waals surface area contributed by atoms with E-state index in [-0.39, 0.29) is 22.1 Å². The van der Waals surface area contributed by atoms with Crippen molar-refractivity contribution in [2.75, 3.05) is 19.0 Å². The minimum Gasteiger partial charge on any atom is -0.492 e. The van der Waals surface area contributed by atoms with Gasteiger partial charge in [-0.25, -0.2) is 4.79 Å². The molecule has 0 aliphatic carbocycles. The van der Waals surface area contributed by atoms with E-state index in [0.717, 1.165) is 5.56 Å². The highest BCUT2D eigenvalue weighted by Gasteiger charge is 2.35. The number of esters is 1. The second kappa shape index (κ2) is 7.40. The van der Waals surface area contributed by atoms with Gasteiger partial charge in [-0.3, -0.25) is 4.79 Å². The fourth-order valence-corrected chi connectivity index (χ4v) is 3.87. The summed E-state index contributed by atoms with van der Waals surface area (Å²) in [6, 6.07) is 3.69. The van der Waals surface area contributed by atoms with Crippen LogP contribution < -0.4 is 10.1 Å². The lowest BCUT2D eigenvalue weighted by Crippen LogP contribution is -2.32. The van der Waals surface area contributed by atoms with Gasteiger partial charge in [0.1, 0.15) is 19.2 Å². The number of carbonyl (C=O) groups excluding carboxylic acids is 2. The van der Waals surface area contributed by atoms with Crippen LogP contribution in [-0.2, 0) is 9.53 Å². The van der Waals surface area contributed by atoms with Gasteiger partial charge in [-0.2, -0.15) is 0 Å². The van der Waals surface area contributed by atoms with Crippen molar-refractivity contribution >= 4 is 41.3 Å². The molecular formula is C18H25BBrNO4. The summed E-state index contributed by atoms with van der Waals surface area (Å²) in [5, 5.41) is 2.84. The first kappa shape index (κ1) is 19.8. The Morgan fingerprint density at radius 1 is 1.40 bits per heavy atom. The number of ether oxygens (including phenoxy) is 2. The summed E-state index contributed by atoms with van der Waals surface area (Å²) in [4.78, 5) is 24.8. The minimum absolute atomic E-state index is 0.174. The third kappa shape index (κ3) is 4.02. The molecule has 25 heavy (non-hydrogen) atoms. The van der Waals surface area contributed by atoms with Crippen molar-refractivity contribution in [1.82, 2.24) is 0 Å². The molecule has 0 spiro atoms. The molecule has 0 aromatic heterocycles. The number of amides is 1. The van der Waals surface area contributed by atoms with Crippen molar-refractivity contribution in [3.63, 3.8) is 0 Å². The molecule has 3 unspecified atom stereocenters. The van der Waals surface area contributed by atoms with E-state index in [1.54, 1.807) is 6.07 Å². The van der Waals surface area contributed by atoms with Gasteiger partial charge in [0.25, 0.3) is 0 Å². The van der Waals surface area contributed by atoms with E-state index in [4.69, 9.17) is 9.47 Å². The summed E-state index contributed by atoms with van der Waals surface area (Å²) in [6.07, 6.45) is 0. The maximum Gasteiger partial charge on any atom is 0.343 e. The maximum absolute atomic E-state index is 12.4. The molecule has 136 valence electrons. The molecule has 1 aliphatic rings. The second-order valence-corrected chi connectivity index (χ2v) is 9.04. The third-order valence-corrected chi connectivity index (χ3v) is 5.03. The zero-order chi connectivity index (χ0) is 18.9. The van der Waals surface area contributed by atoms with Gasteiger partial charge in [0.15, 0.2) is 0 Å². The number of alkyl halides is 1. The van der Waals surface area contributed by atoms with Gasteiger partial charge >= 0.3 is 5.97 Å². The first-order valence-electron chi connectivity index (χ1n) is 8.41. The number of carbonyl (C=O) groups is 2. The quantitative estimate of drug-likeness (QED) is 0.473. The van der Waals surface area contributed by atoms with Crippen molar-refractivity contribution in [3.8, 4) is 5.75 Å². The van der Waals surface area contributed by atoms with Crippen LogP contribution in [0.5, 0.6) is 5.75 Å². The minimum atomic E-state index is -0.578. The summed E-state index contributed by atoms with van der Waals surface area (Å²) in [6.45, 7) is 8.09. The standard InChI is InChI=1S/C18H25BBrNO4/c1-9-8-25-14-10(12(9)15(19)20)6-7-11(13(14)16(22)24-5)21-17(23)18(2,3)4/h6-7,9,12,15H,8,19H2,1-5H3,(H,21,23). The van der Waals surface area contributed by atoms with Gasteiger partial charge in [0.2, 0.25) is 5.91 Å². The largest absolute Gasteiger partial charge is 0.492 e. The van der Waals surface area contributed by atoms with Crippen molar-refractivity contribution in [2.45, 2.75) is 38.3 Å². The number of hydrogen-bond acceptors (Lipinski definition) is 4. The SMILES string of the molecule is BC(Br)C1c2ccc(NC(=O)C(C)(C)C)c(C(=O)OC)c2OCC1C. The Kier molecular flexibility index (Phi) is 5.87. The lowest BCUT2D eigenvalue weighted by atomic mass is 9.76. The Bertz CT molecular complexity index is 684. The van der Waals surface area contributed by atoms with Crippen LogP contribution in [0.15, 0.2) is 12.1 Å². The fourth-order valence-electron chi connectivity index (χ4n) is 3.06. The summed E-state index contributed by atoms with van der Waals surface area (Å²) in [7, 11) is 3.41. The average molecular weight is 410 g/mol. The van der Waals surface area contributed by atoms with Crippen LogP contribution in [0.4, 0.5) is 5.69 Å². The highest BCUT2D eigenvalue weighted by atomic mass is 79.9. The number of hydrogen-bond donors (Lipinski definition) is 1. The van der Waals surface area contributed by atoms with Gasteiger partial charge in [0, 0.05) is 5.41 Å². The van der Waals surface area contributed by atoms with Crippen LogP contribution in [0.3, 0.4) is 0 Å². The molecule has 1 aromatic rings. The Labute approximate surface area is 158 Å². The van der Waals surface area contributed by atoms with E-state index in [1.165, 1.54) is 7.11 Å². The fraction of sp³-hybridized carbons (Fsp3) is 0.556. The summed E-state index contributed by atoms with van der Waals surface area (Å²) in [5.41, 5.74) is 1.08. The van der Waals surface area contributed by atoms with Crippen LogP contribution in [0.1, 0.15) is 49.5 Å². The lowest BCUT2D eigenvalue weighted by molar-refractivity contribution is -0.123. The molecule has 0 radical (unpaired) electrons. The van der Waals surface area contributed by atoms with Gasteiger partial charge in [-0.05, 0) is 28.2 Å². The number of nitrogens with one attached hydrogen (secondary N) is 1. The number of anilines is 1. The topological polar surface area (TPSA) is 64.6 Å². The van der Waals surface area contributed by atoms with Crippen LogP contribution in [-0.4, -0.2) is 38.2 Å². The number of fused-ring (bicyclic) bond motifs is 1. The molecule has 5 nitrogen and oxygen atoms in total. The number of halogens is 1. The highest BCUT2D eigenvalue weighted by Crippen LogP contribution is 2.44. The normalized spacial score (nSPS) is 20.9. The average Bonchev–Trinajstić information content (AvgIpc) is 2.52. The number of benzene rings is 1. The summed E-state index contributed by atoms with van der Waals surface area (Å²) < 4.78 is 11.1. The van der Waals surface area contributed by atoms with Gasteiger partial charge in [-0.15, -0.1) is 0 Å². The molecule has 1 aliphatic heterocycles. The molecule has 3 atom stereocenters. The first-order valence-corrected chi connectivity index (χ1v) is 9.33. The second-order valence-electron chi connectivity index (χ2n) is 7.59. The van der Waals surface area contributed by atoms with Crippen LogP contribution in [0.2, 0.25) is 0 Å². The number of methoxy groups -OCH3 is 1. The molecule has 2 rings (SSSR count). The molecule has 1 amide bonds.